The Labute approximate surface area is 91.5 Å². The Morgan fingerprint density at radius 1 is 1.00 bits per heavy atom. The van der Waals surface area contributed by atoms with E-state index in [0.29, 0.717) is 0 Å². The minimum atomic E-state index is 0.734. The van der Waals surface area contributed by atoms with Gasteiger partial charge in [0.25, 0.3) is 0 Å². The quantitative estimate of drug-likeness (QED) is 0.497. The number of fused-ring (bicyclic) bond motifs is 2. The molecule has 0 spiro atoms. The molecule has 0 aromatic heterocycles. The lowest BCUT2D eigenvalue weighted by Gasteiger charge is -2.56. The van der Waals surface area contributed by atoms with Crippen molar-refractivity contribution in [2.75, 3.05) is 0 Å². The first-order chi connectivity index (χ1) is 6.62. The standard InChI is InChI=1S/C9H16.C3H8.C2H6/c1-9(2)7-4-3-5-8(9)6-7;1-3-2;1-2/h7-8H,3-6H2,1-2H3;3H2,1-2H3;1-2H3. The van der Waals surface area contributed by atoms with Crippen LogP contribution < -0.4 is 0 Å². The molecule has 0 aliphatic heterocycles. The first-order valence-corrected chi connectivity index (χ1v) is 6.62. The lowest BCUT2D eigenvalue weighted by molar-refractivity contribution is -0.0646. The number of hydrogen-bond donors (Lipinski definition) is 0. The topological polar surface area (TPSA) is 0 Å². The van der Waals surface area contributed by atoms with Crippen LogP contribution in [0, 0.1) is 17.3 Å². The van der Waals surface area contributed by atoms with Crippen molar-refractivity contribution >= 4 is 0 Å². The summed E-state index contributed by atoms with van der Waals surface area (Å²) >= 11 is 0. The van der Waals surface area contributed by atoms with Gasteiger partial charge in [-0.2, -0.15) is 0 Å². The van der Waals surface area contributed by atoms with Crippen LogP contribution in [0.2, 0.25) is 0 Å². The smallest absolute Gasteiger partial charge is 0.0297 e. The Kier molecular flexibility index (Phi) is 6.48. The maximum atomic E-state index is 2.45. The summed E-state index contributed by atoms with van der Waals surface area (Å²) in [5, 5.41) is 0. The van der Waals surface area contributed by atoms with Gasteiger partial charge in [-0.25, -0.2) is 0 Å². The molecular formula is C14H30. The van der Waals surface area contributed by atoms with Gasteiger partial charge in [0.15, 0.2) is 0 Å². The molecule has 3 saturated carbocycles. The summed E-state index contributed by atoms with van der Waals surface area (Å²) < 4.78 is 0. The van der Waals surface area contributed by atoms with Crippen molar-refractivity contribution < 1.29 is 0 Å². The lowest BCUT2D eigenvalue weighted by atomic mass is 9.49. The number of rotatable bonds is 0. The predicted molar refractivity (Wildman–Crippen MR) is 66.5 cm³/mol. The van der Waals surface area contributed by atoms with Gasteiger partial charge in [-0.05, 0) is 36.5 Å². The second-order valence-corrected chi connectivity index (χ2v) is 5.09. The fraction of sp³-hybridized carbons (Fsp3) is 1.00. The number of hydrogen-bond acceptors (Lipinski definition) is 0. The fourth-order valence-corrected chi connectivity index (χ4v) is 2.71. The first kappa shape index (κ1) is 14.0. The van der Waals surface area contributed by atoms with Gasteiger partial charge in [-0.1, -0.05) is 54.4 Å². The predicted octanol–water partition coefficient (Wildman–Crippen LogP) is 5.28. The van der Waals surface area contributed by atoms with Crippen LogP contribution in [0.1, 0.15) is 73.6 Å². The Morgan fingerprint density at radius 2 is 1.36 bits per heavy atom. The summed E-state index contributed by atoms with van der Waals surface area (Å²) in [7, 11) is 0. The molecular weight excluding hydrogens is 168 g/mol. The third-order valence-corrected chi connectivity index (χ3v) is 3.78. The zero-order valence-corrected chi connectivity index (χ0v) is 11.2. The van der Waals surface area contributed by atoms with Gasteiger partial charge in [0.2, 0.25) is 0 Å². The highest BCUT2D eigenvalue weighted by atomic mass is 14.5. The van der Waals surface area contributed by atoms with Gasteiger partial charge in [-0.15, -0.1) is 0 Å². The second-order valence-electron chi connectivity index (χ2n) is 5.09. The minimum absolute atomic E-state index is 0.734. The van der Waals surface area contributed by atoms with Crippen molar-refractivity contribution in [2.45, 2.75) is 73.6 Å². The highest BCUT2D eigenvalue weighted by Gasteiger charge is 2.49. The van der Waals surface area contributed by atoms with Crippen LogP contribution >= 0.6 is 0 Å². The molecule has 3 aliphatic carbocycles. The molecule has 0 heteroatoms. The van der Waals surface area contributed by atoms with Crippen molar-refractivity contribution in [3.63, 3.8) is 0 Å². The van der Waals surface area contributed by atoms with Crippen LogP contribution in [-0.2, 0) is 0 Å². The van der Waals surface area contributed by atoms with Gasteiger partial charge >= 0.3 is 0 Å². The zero-order valence-electron chi connectivity index (χ0n) is 11.2. The molecule has 0 amide bonds. The molecule has 14 heavy (non-hydrogen) atoms. The fourth-order valence-electron chi connectivity index (χ4n) is 2.71. The maximum absolute atomic E-state index is 2.45. The molecule has 0 nitrogen and oxygen atoms in total. The van der Waals surface area contributed by atoms with E-state index in [9.17, 15) is 0 Å². The van der Waals surface area contributed by atoms with Crippen LogP contribution in [0.25, 0.3) is 0 Å². The molecule has 0 radical (unpaired) electrons. The third kappa shape index (κ3) is 3.00. The van der Waals surface area contributed by atoms with Gasteiger partial charge < -0.3 is 0 Å². The molecule has 2 unspecified atom stereocenters. The van der Waals surface area contributed by atoms with Crippen molar-refractivity contribution in [2.24, 2.45) is 17.3 Å². The van der Waals surface area contributed by atoms with E-state index < -0.39 is 0 Å². The van der Waals surface area contributed by atoms with E-state index in [1.54, 1.807) is 6.42 Å². The average molecular weight is 198 g/mol. The van der Waals surface area contributed by atoms with E-state index in [4.69, 9.17) is 0 Å². The molecule has 2 bridgehead atoms. The molecule has 0 saturated heterocycles. The first-order valence-electron chi connectivity index (χ1n) is 6.62. The second kappa shape index (κ2) is 6.48. The van der Waals surface area contributed by atoms with Crippen LogP contribution in [0.4, 0.5) is 0 Å². The van der Waals surface area contributed by atoms with Gasteiger partial charge in [0.1, 0.15) is 0 Å². The van der Waals surface area contributed by atoms with Crippen molar-refractivity contribution in [3.8, 4) is 0 Å². The van der Waals surface area contributed by atoms with Crippen LogP contribution in [0.3, 0.4) is 0 Å². The Morgan fingerprint density at radius 3 is 1.50 bits per heavy atom. The maximum Gasteiger partial charge on any atom is -0.0297 e. The average Bonchev–Trinajstić information content (AvgIpc) is 2.23. The summed E-state index contributed by atoms with van der Waals surface area (Å²) in [4.78, 5) is 0. The normalized spacial score (nSPS) is 31.3. The Balaban J connectivity index is 0.000000294. The molecule has 0 heterocycles. The van der Waals surface area contributed by atoms with E-state index in [1.807, 2.05) is 13.8 Å². The summed E-state index contributed by atoms with van der Waals surface area (Å²) in [5.41, 5.74) is 0.734. The van der Waals surface area contributed by atoms with E-state index in [0.717, 1.165) is 17.3 Å². The molecule has 3 fully saturated rings. The highest BCUT2D eigenvalue weighted by molar-refractivity contribution is 4.99. The molecule has 0 N–H and O–H groups in total. The largest absolute Gasteiger partial charge is 0.0683 e. The van der Waals surface area contributed by atoms with Crippen molar-refractivity contribution in [3.05, 3.63) is 0 Å². The summed E-state index contributed by atoms with van der Waals surface area (Å²) in [6, 6.07) is 0. The van der Waals surface area contributed by atoms with Crippen molar-refractivity contribution in [1.82, 2.24) is 0 Å². The summed E-state index contributed by atoms with van der Waals surface area (Å²) in [6.45, 7) is 13.1. The molecule has 2 atom stereocenters. The zero-order chi connectivity index (χ0) is 11.2. The summed E-state index contributed by atoms with van der Waals surface area (Å²) in [6.07, 6.45) is 7.35. The van der Waals surface area contributed by atoms with E-state index in [2.05, 4.69) is 27.7 Å². The lowest BCUT2D eigenvalue weighted by Crippen LogP contribution is -2.47. The minimum Gasteiger partial charge on any atom is -0.0683 e. The van der Waals surface area contributed by atoms with Crippen LogP contribution in [0.15, 0.2) is 0 Å². The molecule has 0 aromatic carbocycles. The van der Waals surface area contributed by atoms with E-state index in [-0.39, 0.29) is 0 Å². The van der Waals surface area contributed by atoms with E-state index >= 15 is 0 Å². The van der Waals surface area contributed by atoms with Crippen LogP contribution in [0.5, 0.6) is 0 Å². The van der Waals surface area contributed by atoms with E-state index in [1.165, 1.54) is 25.7 Å². The highest BCUT2D eigenvalue weighted by Crippen LogP contribution is 2.58. The summed E-state index contributed by atoms with van der Waals surface area (Å²) in [5.74, 6) is 2.19. The SMILES string of the molecule is CC.CC1(C)C2CCCC1C2.CCC. The monoisotopic (exact) mass is 198 g/mol. The molecule has 3 rings (SSSR count). The Hall–Kier alpha value is 0. The third-order valence-electron chi connectivity index (χ3n) is 3.78. The van der Waals surface area contributed by atoms with Gasteiger partial charge in [-0.3, -0.25) is 0 Å². The van der Waals surface area contributed by atoms with Gasteiger partial charge in [0, 0.05) is 0 Å². The van der Waals surface area contributed by atoms with Crippen LogP contribution in [-0.4, -0.2) is 0 Å². The molecule has 86 valence electrons. The van der Waals surface area contributed by atoms with Crippen molar-refractivity contribution in [1.29, 1.82) is 0 Å². The van der Waals surface area contributed by atoms with Gasteiger partial charge in [0.05, 0.1) is 0 Å². The Bertz CT molecular complexity index is 119. The molecule has 3 aliphatic rings. The molecule has 0 aromatic rings.